The molecule has 0 saturated heterocycles. The minimum absolute atomic E-state index is 0.00459. The molecule has 0 fully saturated rings. The maximum Gasteiger partial charge on any atom is 0.339 e. The number of carbonyl (C=O) groups is 2. The summed E-state index contributed by atoms with van der Waals surface area (Å²) in [6, 6.07) is 9.43. The van der Waals surface area contributed by atoms with E-state index in [0.717, 1.165) is 0 Å². The molecule has 0 amide bonds. The van der Waals surface area contributed by atoms with Crippen LogP contribution in [0.3, 0.4) is 0 Å². The van der Waals surface area contributed by atoms with Crippen molar-refractivity contribution >= 4 is 55.0 Å². The zero-order valence-electron chi connectivity index (χ0n) is 29.9. The second-order valence-electron chi connectivity index (χ2n) is 12.6. The van der Waals surface area contributed by atoms with Gasteiger partial charge in [-0.25, -0.2) is 9.59 Å². The van der Waals surface area contributed by atoms with Gasteiger partial charge in [-0.3, -0.25) is 9.59 Å². The lowest BCUT2D eigenvalue weighted by molar-refractivity contribution is 0.0292. The Morgan fingerprint density at radius 1 is 0.481 bits per heavy atom. The molecule has 2 atom stereocenters. The molecule has 0 unspecified atom stereocenters. The molecule has 0 N–H and O–H groups in total. The van der Waals surface area contributed by atoms with E-state index in [9.17, 15) is 19.2 Å². The minimum Gasteiger partial charge on any atom is -0.496 e. The van der Waals surface area contributed by atoms with Crippen molar-refractivity contribution in [2.45, 2.75) is 38.9 Å². The number of ether oxygens (including phenoxy) is 8. The monoisotopic (exact) mass is 708 g/mol. The first-order valence-corrected chi connectivity index (χ1v) is 16.5. The molecule has 0 aromatic heterocycles. The van der Waals surface area contributed by atoms with Gasteiger partial charge in [-0.15, -0.1) is 0 Å². The number of carbonyl (C=O) groups excluding carboxylic acids is 2. The van der Waals surface area contributed by atoms with Crippen LogP contribution in [-0.4, -0.2) is 66.8 Å². The first-order valence-electron chi connectivity index (χ1n) is 16.5. The summed E-state index contributed by atoms with van der Waals surface area (Å²) in [4.78, 5) is 56.5. The van der Waals surface area contributed by atoms with Crippen LogP contribution in [0.1, 0.15) is 45.7 Å². The molecule has 12 nitrogen and oxygen atoms in total. The van der Waals surface area contributed by atoms with Crippen molar-refractivity contribution in [2.24, 2.45) is 0 Å². The molecule has 0 spiro atoms. The van der Waals surface area contributed by atoms with E-state index in [2.05, 4.69) is 0 Å². The number of methoxy groups -OCH3 is 6. The van der Waals surface area contributed by atoms with Gasteiger partial charge < -0.3 is 37.9 Å². The molecule has 6 aromatic rings. The van der Waals surface area contributed by atoms with Crippen LogP contribution in [-0.2, 0) is 22.3 Å². The number of hydrogen-bond donors (Lipinski definition) is 0. The molecule has 268 valence electrons. The molecule has 0 radical (unpaired) electrons. The van der Waals surface area contributed by atoms with Gasteiger partial charge in [0.25, 0.3) is 0 Å². The summed E-state index contributed by atoms with van der Waals surface area (Å²) in [5.74, 6) is -0.372. The second-order valence-corrected chi connectivity index (χ2v) is 12.6. The maximum absolute atomic E-state index is 14.6. The van der Waals surface area contributed by atoms with E-state index in [4.69, 9.17) is 37.9 Å². The number of esters is 2. The van der Waals surface area contributed by atoms with Crippen molar-refractivity contribution in [1.29, 1.82) is 0 Å². The number of fused-ring (bicyclic) bond motifs is 2. The van der Waals surface area contributed by atoms with Crippen LogP contribution in [0.2, 0.25) is 0 Å². The fourth-order valence-electron chi connectivity index (χ4n) is 7.75. The lowest BCUT2D eigenvalue weighted by atomic mass is 9.81. The molecule has 1 aliphatic heterocycles. The van der Waals surface area contributed by atoms with E-state index in [1.54, 1.807) is 38.1 Å². The Bertz CT molecular complexity index is 2380. The highest BCUT2D eigenvalue weighted by molar-refractivity contribution is 6.38. The molecule has 0 saturated carbocycles. The van der Waals surface area contributed by atoms with E-state index in [0.29, 0.717) is 54.9 Å². The van der Waals surface area contributed by atoms with Gasteiger partial charge in [-0.05, 0) is 36.8 Å². The lowest BCUT2D eigenvalue weighted by Crippen LogP contribution is -2.25. The Morgan fingerprint density at radius 2 is 0.827 bits per heavy atom. The minimum atomic E-state index is -0.850. The molecule has 6 aromatic carbocycles. The summed E-state index contributed by atoms with van der Waals surface area (Å²) < 4.78 is 47.3. The fourth-order valence-corrected chi connectivity index (χ4v) is 7.75. The highest BCUT2D eigenvalue weighted by Crippen LogP contribution is 2.54. The maximum atomic E-state index is 14.6. The molecule has 1 aliphatic rings. The van der Waals surface area contributed by atoms with Gasteiger partial charge in [0.1, 0.15) is 35.2 Å². The second kappa shape index (κ2) is 12.9. The highest BCUT2D eigenvalue weighted by Gasteiger charge is 2.34. The van der Waals surface area contributed by atoms with Gasteiger partial charge in [0, 0.05) is 57.6 Å². The summed E-state index contributed by atoms with van der Waals surface area (Å²) in [7, 11) is 8.67. The van der Waals surface area contributed by atoms with Crippen molar-refractivity contribution in [2.75, 3.05) is 42.7 Å². The van der Waals surface area contributed by atoms with Gasteiger partial charge in [0.2, 0.25) is 10.9 Å². The topological polar surface area (TPSA) is 142 Å². The molecule has 12 heteroatoms. The SMILES string of the molecule is COc1c2c3c4c(c(OC)c(=O)c5c(OC)cc(OC)c(c6c(OC)cc(OC)c(c1=O)c63)c54)C[C@@H](C)OC(=O)c1ccccc1C(=O)O[C@H](C)C2. The summed E-state index contributed by atoms with van der Waals surface area (Å²) >= 11 is 0. The van der Waals surface area contributed by atoms with Crippen LogP contribution in [0, 0.1) is 0 Å². The largest absolute Gasteiger partial charge is 0.496 e. The lowest BCUT2D eigenvalue weighted by Gasteiger charge is -2.27. The Morgan fingerprint density at radius 3 is 1.15 bits per heavy atom. The van der Waals surface area contributed by atoms with Gasteiger partial charge in [-0.1, -0.05) is 12.1 Å². The Kier molecular flexibility index (Phi) is 8.56. The zero-order valence-corrected chi connectivity index (χ0v) is 29.9. The van der Waals surface area contributed by atoms with Crippen molar-refractivity contribution < 1.29 is 47.5 Å². The standard InChI is InChI=1S/C40H36O12/c1-17-13-21-27-28-22(14-18(2)52-40(44)20-12-10-9-11-19(20)39(43)51-17)38(50-8)36(42)32-26(48-6)16-24(46-4)30(34(28)32)29-23(45-3)15-25(47-5)31(33(27)29)35(41)37(21)49-7/h9-12,15-18H,13-14H2,1-8H3/t17-,18-/m1/s1. The van der Waals surface area contributed by atoms with E-state index in [1.165, 1.54) is 54.8 Å². The smallest absolute Gasteiger partial charge is 0.339 e. The third-order valence-electron chi connectivity index (χ3n) is 9.78. The van der Waals surface area contributed by atoms with Crippen molar-refractivity contribution in [3.63, 3.8) is 0 Å². The first kappa shape index (κ1) is 34.4. The van der Waals surface area contributed by atoms with Crippen LogP contribution in [0.25, 0.3) is 43.1 Å². The summed E-state index contributed by atoms with van der Waals surface area (Å²) in [5, 5.41) is 3.22. The Hall–Kier alpha value is -6.04. The van der Waals surface area contributed by atoms with Crippen LogP contribution >= 0.6 is 0 Å². The predicted octanol–water partition coefficient (Wildman–Crippen LogP) is 5.84. The van der Waals surface area contributed by atoms with Crippen molar-refractivity contribution in [3.05, 3.63) is 79.1 Å². The molecule has 7 rings (SSSR count). The summed E-state index contributed by atoms with van der Waals surface area (Å²) in [6.07, 6.45) is -1.71. The zero-order chi connectivity index (χ0) is 37.2. The van der Waals surface area contributed by atoms with Gasteiger partial charge in [0.05, 0.1) is 64.6 Å². The van der Waals surface area contributed by atoms with Crippen LogP contribution in [0.15, 0.2) is 46.0 Å². The molecule has 52 heavy (non-hydrogen) atoms. The molecule has 0 aliphatic carbocycles. The van der Waals surface area contributed by atoms with Crippen LogP contribution in [0.5, 0.6) is 34.5 Å². The average Bonchev–Trinajstić information content (AvgIpc) is 3.14. The van der Waals surface area contributed by atoms with Gasteiger partial charge in [-0.2, -0.15) is 0 Å². The highest BCUT2D eigenvalue weighted by atomic mass is 16.6. The van der Waals surface area contributed by atoms with E-state index in [1.807, 2.05) is 0 Å². The quantitative estimate of drug-likeness (QED) is 0.117. The summed E-state index contributed by atoms with van der Waals surface area (Å²) in [6.45, 7) is 3.36. The normalized spacial score (nSPS) is 16.5. The van der Waals surface area contributed by atoms with E-state index < -0.39 is 35.0 Å². The van der Waals surface area contributed by atoms with E-state index in [-0.39, 0.29) is 57.7 Å². The molecule has 1 heterocycles. The Balaban J connectivity index is 1.81. The van der Waals surface area contributed by atoms with Gasteiger partial charge >= 0.3 is 11.9 Å². The number of rotatable bonds is 6. The fraction of sp³-hybridized carbons (Fsp3) is 0.300. The summed E-state index contributed by atoms with van der Waals surface area (Å²) in [5.41, 5.74) is -0.0846. The molecular weight excluding hydrogens is 672 g/mol. The molecular formula is C40H36O12. The molecule has 0 bridgehead atoms. The third-order valence-corrected chi connectivity index (χ3v) is 9.78. The third kappa shape index (κ3) is 4.88. The number of benzene rings is 6. The first-order chi connectivity index (χ1) is 25.0. The number of cyclic esters (lactones) is 2. The van der Waals surface area contributed by atoms with Crippen LogP contribution in [0.4, 0.5) is 0 Å². The average molecular weight is 709 g/mol. The van der Waals surface area contributed by atoms with Crippen molar-refractivity contribution in [3.8, 4) is 34.5 Å². The van der Waals surface area contributed by atoms with Gasteiger partial charge in [0.15, 0.2) is 11.5 Å². The van der Waals surface area contributed by atoms with Crippen molar-refractivity contribution in [1.82, 2.24) is 0 Å². The number of hydrogen-bond acceptors (Lipinski definition) is 12. The predicted molar refractivity (Wildman–Crippen MR) is 194 cm³/mol. The van der Waals surface area contributed by atoms with E-state index >= 15 is 0 Å². The Labute approximate surface area is 297 Å². The van der Waals surface area contributed by atoms with Crippen LogP contribution < -0.4 is 39.3 Å².